The maximum Gasteiger partial charge on any atom is 0.256 e. The van der Waals surface area contributed by atoms with Crippen molar-refractivity contribution in [1.29, 1.82) is 0 Å². The molecule has 6 nitrogen and oxygen atoms in total. The van der Waals surface area contributed by atoms with E-state index in [-0.39, 0.29) is 18.5 Å². The lowest BCUT2D eigenvalue weighted by Crippen LogP contribution is -2.62. The Morgan fingerprint density at radius 1 is 1.00 bits per heavy atom. The van der Waals surface area contributed by atoms with Gasteiger partial charge in [0.2, 0.25) is 5.78 Å². The van der Waals surface area contributed by atoms with Gasteiger partial charge in [0.1, 0.15) is 12.7 Å². The summed E-state index contributed by atoms with van der Waals surface area (Å²) in [5.41, 5.74) is 0. The standard InChI is InChI=1S/C14H20O6/c15-12-11-10(8-18-14(12)9-16-6-7-17-14)19-13(20-11)4-2-1-3-5-13/h10-11H,1-9H2/t10-,11-,14-/m1/s1. The van der Waals surface area contributed by atoms with E-state index in [0.29, 0.717) is 19.8 Å². The summed E-state index contributed by atoms with van der Waals surface area (Å²) in [7, 11) is 0. The molecule has 0 aromatic carbocycles. The number of hydrogen-bond acceptors (Lipinski definition) is 6. The predicted molar refractivity (Wildman–Crippen MR) is 66.0 cm³/mol. The van der Waals surface area contributed by atoms with Gasteiger partial charge in [-0.1, -0.05) is 6.42 Å². The highest BCUT2D eigenvalue weighted by Gasteiger charge is 2.60. The minimum Gasteiger partial charge on any atom is -0.373 e. The predicted octanol–water partition coefficient (Wildman–Crippen LogP) is 0.773. The highest BCUT2D eigenvalue weighted by molar-refractivity contribution is 5.91. The third-order valence-corrected chi connectivity index (χ3v) is 4.63. The van der Waals surface area contributed by atoms with Crippen molar-refractivity contribution < 1.29 is 28.5 Å². The van der Waals surface area contributed by atoms with Crippen molar-refractivity contribution in [3.63, 3.8) is 0 Å². The van der Waals surface area contributed by atoms with E-state index >= 15 is 0 Å². The lowest BCUT2D eigenvalue weighted by molar-refractivity contribution is -0.294. The van der Waals surface area contributed by atoms with Crippen molar-refractivity contribution >= 4 is 5.78 Å². The lowest BCUT2D eigenvalue weighted by Gasteiger charge is -2.40. The molecule has 6 heteroatoms. The van der Waals surface area contributed by atoms with E-state index in [1.165, 1.54) is 6.42 Å². The van der Waals surface area contributed by atoms with Crippen LogP contribution in [-0.2, 0) is 28.5 Å². The maximum absolute atomic E-state index is 12.7. The largest absolute Gasteiger partial charge is 0.373 e. The van der Waals surface area contributed by atoms with Gasteiger partial charge < -0.3 is 23.7 Å². The number of carbonyl (C=O) groups is 1. The number of rotatable bonds is 0. The van der Waals surface area contributed by atoms with E-state index in [1.54, 1.807) is 0 Å². The highest BCUT2D eigenvalue weighted by atomic mass is 16.8. The molecule has 20 heavy (non-hydrogen) atoms. The summed E-state index contributed by atoms with van der Waals surface area (Å²) in [6.07, 6.45) is 4.20. The zero-order valence-electron chi connectivity index (χ0n) is 11.5. The molecule has 0 aromatic rings. The third kappa shape index (κ3) is 1.94. The van der Waals surface area contributed by atoms with Crippen LogP contribution in [-0.4, -0.2) is 56.0 Å². The number of carbonyl (C=O) groups excluding carboxylic acids is 1. The van der Waals surface area contributed by atoms with Gasteiger partial charge in [-0.2, -0.15) is 0 Å². The molecule has 0 radical (unpaired) electrons. The summed E-state index contributed by atoms with van der Waals surface area (Å²) in [5.74, 6) is -2.03. The first-order chi connectivity index (χ1) is 9.73. The first-order valence-electron chi connectivity index (χ1n) is 7.49. The van der Waals surface area contributed by atoms with Crippen LogP contribution >= 0.6 is 0 Å². The Kier molecular flexibility index (Phi) is 3.12. The molecule has 3 heterocycles. The van der Waals surface area contributed by atoms with Gasteiger partial charge in [-0.15, -0.1) is 0 Å². The zero-order valence-corrected chi connectivity index (χ0v) is 11.5. The third-order valence-electron chi connectivity index (χ3n) is 4.63. The SMILES string of the molecule is O=C1[C@@H]2OC3(CCCCC3)O[C@@H]2CO[C@]12COCCO2. The number of hydrogen-bond donors (Lipinski definition) is 0. The summed E-state index contributed by atoms with van der Waals surface area (Å²) in [4.78, 5) is 12.7. The second-order valence-electron chi connectivity index (χ2n) is 6.00. The number of fused-ring (bicyclic) bond motifs is 1. The van der Waals surface area contributed by atoms with Crippen molar-refractivity contribution in [2.24, 2.45) is 0 Å². The summed E-state index contributed by atoms with van der Waals surface area (Å²) in [5, 5.41) is 0. The smallest absolute Gasteiger partial charge is 0.256 e. The van der Waals surface area contributed by atoms with E-state index in [9.17, 15) is 4.79 Å². The van der Waals surface area contributed by atoms with Gasteiger partial charge >= 0.3 is 0 Å². The average molecular weight is 284 g/mol. The Bertz CT molecular complexity index is 396. The van der Waals surface area contributed by atoms with Crippen LogP contribution < -0.4 is 0 Å². The van der Waals surface area contributed by atoms with Gasteiger partial charge in [-0.3, -0.25) is 4.79 Å². The number of ketones is 1. The molecule has 4 aliphatic rings. The molecular weight excluding hydrogens is 264 g/mol. The van der Waals surface area contributed by atoms with E-state index in [4.69, 9.17) is 23.7 Å². The number of Topliss-reactive ketones (excluding diaryl/α,β-unsaturated/α-hetero) is 1. The van der Waals surface area contributed by atoms with Crippen LogP contribution in [0.4, 0.5) is 0 Å². The van der Waals surface area contributed by atoms with E-state index in [1.807, 2.05) is 0 Å². The highest BCUT2D eigenvalue weighted by Crippen LogP contribution is 2.44. The van der Waals surface area contributed by atoms with Gasteiger partial charge in [-0.05, 0) is 12.8 Å². The Morgan fingerprint density at radius 2 is 1.85 bits per heavy atom. The van der Waals surface area contributed by atoms with Crippen LogP contribution in [0.2, 0.25) is 0 Å². The van der Waals surface area contributed by atoms with Crippen molar-refractivity contribution in [3.8, 4) is 0 Å². The molecule has 3 saturated heterocycles. The Morgan fingerprint density at radius 3 is 2.60 bits per heavy atom. The van der Waals surface area contributed by atoms with Crippen LogP contribution in [0.15, 0.2) is 0 Å². The van der Waals surface area contributed by atoms with Crippen LogP contribution in [0.3, 0.4) is 0 Å². The summed E-state index contributed by atoms with van der Waals surface area (Å²) in [6.45, 7) is 1.33. The average Bonchev–Trinajstić information content (AvgIpc) is 2.84. The molecule has 4 rings (SSSR count). The molecule has 3 atom stereocenters. The van der Waals surface area contributed by atoms with Crippen molar-refractivity contribution in [3.05, 3.63) is 0 Å². The summed E-state index contributed by atoms with van der Waals surface area (Å²) in [6, 6.07) is 0. The quantitative estimate of drug-likeness (QED) is 0.655. The fourth-order valence-electron chi connectivity index (χ4n) is 3.59. The van der Waals surface area contributed by atoms with Crippen LogP contribution in [0, 0.1) is 0 Å². The molecule has 0 unspecified atom stereocenters. The number of ether oxygens (including phenoxy) is 5. The van der Waals surface area contributed by atoms with Crippen LogP contribution in [0.25, 0.3) is 0 Å². The molecule has 0 bridgehead atoms. The molecule has 3 aliphatic heterocycles. The van der Waals surface area contributed by atoms with Gasteiger partial charge in [-0.25, -0.2) is 0 Å². The molecule has 2 spiro atoms. The minimum absolute atomic E-state index is 0.144. The molecular formula is C14H20O6. The van der Waals surface area contributed by atoms with E-state index < -0.39 is 17.7 Å². The summed E-state index contributed by atoms with van der Waals surface area (Å²) >= 11 is 0. The Hall–Kier alpha value is -0.530. The molecule has 4 fully saturated rings. The summed E-state index contributed by atoms with van der Waals surface area (Å²) < 4.78 is 28.7. The van der Waals surface area contributed by atoms with Gasteiger partial charge in [0.05, 0.1) is 19.8 Å². The Balaban J connectivity index is 1.54. The van der Waals surface area contributed by atoms with Crippen molar-refractivity contribution in [2.45, 2.75) is 55.9 Å². The first-order valence-corrected chi connectivity index (χ1v) is 7.49. The molecule has 1 saturated carbocycles. The van der Waals surface area contributed by atoms with Gasteiger partial charge in [0, 0.05) is 12.8 Å². The fraction of sp³-hybridized carbons (Fsp3) is 0.929. The second kappa shape index (κ2) is 4.74. The molecule has 0 amide bonds. The minimum atomic E-state index is -1.27. The van der Waals surface area contributed by atoms with Crippen LogP contribution in [0.5, 0.6) is 0 Å². The second-order valence-corrected chi connectivity index (χ2v) is 6.00. The normalized spacial score (nSPS) is 43.9. The van der Waals surface area contributed by atoms with Gasteiger partial charge in [0.25, 0.3) is 5.79 Å². The fourth-order valence-corrected chi connectivity index (χ4v) is 3.59. The first kappa shape index (κ1) is 13.2. The monoisotopic (exact) mass is 284 g/mol. The molecule has 112 valence electrons. The van der Waals surface area contributed by atoms with Crippen molar-refractivity contribution in [1.82, 2.24) is 0 Å². The molecule has 0 N–H and O–H groups in total. The molecule has 1 aliphatic carbocycles. The zero-order chi connectivity index (χ0) is 13.6. The topological polar surface area (TPSA) is 63.2 Å². The Labute approximate surface area is 117 Å². The van der Waals surface area contributed by atoms with E-state index in [2.05, 4.69) is 0 Å². The molecule has 0 aromatic heterocycles. The van der Waals surface area contributed by atoms with Gasteiger partial charge in [0.15, 0.2) is 11.9 Å². The van der Waals surface area contributed by atoms with Crippen molar-refractivity contribution in [2.75, 3.05) is 26.4 Å². The van der Waals surface area contributed by atoms with E-state index in [0.717, 1.165) is 25.7 Å². The van der Waals surface area contributed by atoms with Crippen LogP contribution in [0.1, 0.15) is 32.1 Å². The lowest BCUT2D eigenvalue weighted by atomic mass is 9.94. The maximum atomic E-state index is 12.7.